The van der Waals surface area contributed by atoms with Gasteiger partial charge in [-0.2, -0.15) is 5.10 Å². The Bertz CT molecular complexity index is 785. The topological polar surface area (TPSA) is 83.6 Å². The Balaban J connectivity index is 1.56. The van der Waals surface area contributed by atoms with Gasteiger partial charge in [0.25, 0.3) is 0 Å². The van der Waals surface area contributed by atoms with Gasteiger partial charge in [0.05, 0.1) is 6.04 Å². The maximum absolute atomic E-state index is 12.1. The maximum Gasteiger partial charge on any atom is 0.220 e. The summed E-state index contributed by atoms with van der Waals surface area (Å²) >= 11 is 0. The molecule has 0 radical (unpaired) electrons. The number of aromatic nitrogens is 4. The van der Waals surface area contributed by atoms with Crippen molar-refractivity contribution in [1.29, 1.82) is 0 Å². The number of benzene rings is 1. The predicted octanol–water partition coefficient (Wildman–Crippen LogP) is 2.68. The van der Waals surface area contributed by atoms with Crippen LogP contribution in [0.2, 0.25) is 0 Å². The minimum atomic E-state index is -0.230. The lowest BCUT2D eigenvalue weighted by atomic mass is 10.1. The number of rotatable bonds is 6. The van der Waals surface area contributed by atoms with Crippen molar-refractivity contribution in [1.82, 2.24) is 25.5 Å². The van der Waals surface area contributed by atoms with Gasteiger partial charge in [0, 0.05) is 24.4 Å². The molecular weight excluding hydrogens is 302 g/mol. The summed E-state index contributed by atoms with van der Waals surface area (Å²) in [6.07, 6.45) is 4.57. The number of hydrogen-bond acceptors (Lipinski definition) is 4. The van der Waals surface area contributed by atoms with E-state index >= 15 is 0 Å². The number of aromatic amines is 1. The van der Waals surface area contributed by atoms with Crippen LogP contribution in [0, 0.1) is 0 Å². The Morgan fingerprint density at radius 1 is 1.21 bits per heavy atom. The van der Waals surface area contributed by atoms with Gasteiger partial charge in [-0.1, -0.05) is 30.3 Å². The number of carbonyl (C=O) groups is 1. The van der Waals surface area contributed by atoms with E-state index in [4.69, 9.17) is 0 Å². The molecule has 0 unspecified atom stereocenters. The lowest BCUT2D eigenvalue weighted by Gasteiger charge is -2.10. The quantitative estimate of drug-likeness (QED) is 0.731. The van der Waals surface area contributed by atoms with Crippen molar-refractivity contribution < 1.29 is 4.79 Å². The Hall–Kier alpha value is -3.02. The zero-order chi connectivity index (χ0) is 16.8. The number of carbonyl (C=O) groups excluding carboxylic acids is 1. The van der Waals surface area contributed by atoms with Gasteiger partial charge in [0.1, 0.15) is 5.82 Å². The fourth-order valence-corrected chi connectivity index (χ4v) is 2.38. The number of nitrogens with one attached hydrogen (secondary N) is 2. The van der Waals surface area contributed by atoms with Gasteiger partial charge in [0.2, 0.25) is 5.91 Å². The molecule has 0 aliphatic carbocycles. The van der Waals surface area contributed by atoms with Crippen LogP contribution in [0.25, 0.3) is 11.4 Å². The fourth-order valence-electron chi connectivity index (χ4n) is 2.38. The Labute approximate surface area is 140 Å². The molecule has 6 heteroatoms. The summed E-state index contributed by atoms with van der Waals surface area (Å²) in [6.45, 7) is 1.88. The third kappa shape index (κ3) is 4.04. The Morgan fingerprint density at radius 3 is 2.79 bits per heavy atom. The van der Waals surface area contributed by atoms with Gasteiger partial charge in [0.15, 0.2) is 5.82 Å². The standard InChI is InChI=1S/C18H19N5O/c1-13(20-16(24)10-9-14-6-3-2-4-7-14)17-21-18(23-22-17)15-8-5-11-19-12-15/h2-8,11-13H,9-10H2,1H3,(H,20,24)(H,21,22,23)/t13-/m1/s1. The number of H-pyrrole nitrogens is 1. The van der Waals surface area contributed by atoms with E-state index in [1.54, 1.807) is 12.4 Å². The first-order chi connectivity index (χ1) is 11.7. The van der Waals surface area contributed by atoms with Crippen molar-refractivity contribution in [3.05, 3.63) is 66.2 Å². The molecule has 24 heavy (non-hydrogen) atoms. The normalized spacial score (nSPS) is 11.9. The molecule has 2 heterocycles. The number of nitrogens with zero attached hydrogens (tertiary/aromatic N) is 3. The van der Waals surface area contributed by atoms with Gasteiger partial charge in [-0.3, -0.25) is 14.9 Å². The van der Waals surface area contributed by atoms with Crippen LogP contribution in [0.15, 0.2) is 54.9 Å². The predicted molar refractivity (Wildman–Crippen MR) is 90.9 cm³/mol. The summed E-state index contributed by atoms with van der Waals surface area (Å²) < 4.78 is 0. The zero-order valence-electron chi connectivity index (χ0n) is 13.4. The van der Waals surface area contributed by atoms with E-state index in [0.29, 0.717) is 18.1 Å². The van der Waals surface area contributed by atoms with Crippen molar-refractivity contribution in [2.24, 2.45) is 0 Å². The van der Waals surface area contributed by atoms with Crippen LogP contribution in [0.3, 0.4) is 0 Å². The molecule has 1 amide bonds. The zero-order valence-corrected chi connectivity index (χ0v) is 13.4. The summed E-state index contributed by atoms with van der Waals surface area (Å²) in [4.78, 5) is 20.6. The fraction of sp³-hybridized carbons (Fsp3) is 0.222. The van der Waals surface area contributed by atoms with Gasteiger partial charge >= 0.3 is 0 Å². The van der Waals surface area contributed by atoms with Crippen molar-refractivity contribution >= 4 is 5.91 Å². The summed E-state index contributed by atoms with van der Waals surface area (Å²) in [5.74, 6) is 1.19. The smallest absolute Gasteiger partial charge is 0.220 e. The monoisotopic (exact) mass is 321 g/mol. The number of amides is 1. The molecule has 0 saturated carbocycles. The van der Waals surface area contributed by atoms with Crippen LogP contribution < -0.4 is 5.32 Å². The highest BCUT2D eigenvalue weighted by Crippen LogP contribution is 2.15. The highest BCUT2D eigenvalue weighted by Gasteiger charge is 2.14. The molecule has 6 nitrogen and oxygen atoms in total. The molecule has 0 aliphatic rings. The minimum Gasteiger partial charge on any atom is -0.346 e. The van der Waals surface area contributed by atoms with Gasteiger partial charge < -0.3 is 5.32 Å². The highest BCUT2D eigenvalue weighted by molar-refractivity contribution is 5.76. The van der Waals surface area contributed by atoms with Crippen LogP contribution in [0.5, 0.6) is 0 Å². The van der Waals surface area contributed by atoms with Gasteiger partial charge in [-0.15, -0.1) is 0 Å². The van der Waals surface area contributed by atoms with E-state index < -0.39 is 0 Å². The highest BCUT2D eigenvalue weighted by atomic mass is 16.1. The Kier molecular flexibility index (Phi) is 4.96. The van der Waals surface area contributed by atoms with Crippen LogP contribution in [0.1, 0.15) is 30.8 Å². The largest absolute Gasteiger partial charge is 0.346 e. The van der Waals surface area contributed by atoms with E-state index in [1.807, 2.05) is 49.4 Å². The SMILES string of the molecule is C[C@@H](NC(=O)CCc1ccccc1)c1nc(-c2cccnc2)n[nH]1. The van der Waals surface area contributed by atoms with Crippen LogP contribution in [-0.4, -0.2) is 26.1 Å². The summed E-state index contributed by atoms with van der Waals surface area (Å²) in [7, 11) is 0. The number of pyridine rings is 1. The second-order valence-corrected chi connectivity index (χ2v) is 5.56. The lowest BCUT2D eigenvalue weighted by Crippen LogP contribution is -2.27. The van der Waals surface area contributed by atoms with E-state index in [0.717, 1.165) is 17.5 Å². The molecule has 3 aromatic rings. The molecule has 0 bridgehead atoms. The molecule has 1 aromatic carbocycles. The Morgan fingerprint density at radius 2 is 2.04 bits per heavy atom. The first kappa shape index (κ1) is 15.9. The molecule has 3 rings (SSSR count). The van der Waals surface area contributed by atoms with Gasteiger partial charge in [-0.25, -0.2) is 4.98 Å². The average Bonchev–Trinajstić information content (AvgIpc) is 3.12. The van der Waals surface area contributed by atoms with Gasteiger partial charge in [-0.05, 0) is 31.0 Å². The van der Waals surface area contributed by atoms with Crippen LogP contribution >= 0.6 is 0 Å². The van der Waals surface area contributed by atoms with E-state index in [-0.39, 0.29) is 11.9 Å². The first-order valence-corrected chi connectivity index (χ1v) is 7.88. The van der Waals surface area contributed by atoms with E-state index in [9.17, 15) is 4.79 Å². The number of aryl methyl sites for hydroxylation is 1. The maximum atomic E-state index is 12.1. The van der Waals surface area contributed by atoms with Crippen molar-refractivity contribution in [3.8, 4) is 11.4 Å². The minimum absolute atomic E-state index is 0.00863. The van der Waals surface area contributed by atoms with E-state index in [1.165, 1.54) is 0 Å². The third-order valence-electron chi connectivity index (χ3n) is 3.69. The first-order valence-electron chi connectivity index (χ1n) is 7.88. The molecule has 2 aromatic heterocycles. The second-order valence-electron chi connectivity index (χ2n) is 5.56. The molecule has 122 valence electrons. The summed E-state index contributed by atoms with van der Waals surface area (Å²) in [5.41, 5.74) is 1.99. The molecule has 0 aliphatic heterocycles. The van der Waals surface area contributed by atoms with Crippen LogP contribution in [-0.2, 0) is 11.2 Å². The molecule has 0 fully saturated rings. The molecule has 2 N–H and O–H groups in total. The lowest BCUT2D eigenvalue weighted by molar-refractivity contribution is -0.121. The second kappa shape index (κ2) is 7.50. The van der Waals surface area contributed by atoms with E-state index in [2.05, 4.69) is 25.5 Å². The molecule has 0 saturated heterocycles. The number of hydrogen-bond donors (Lipinski definition) is 2. The third-order valence-corrected chi connectivity index (χ3v) is 3.69. The average molecular weight is 321 g/mol. The van der Waals surface area contributed by atoms with Crippen molar-refractivity contribution in [3.63, 3.8) is 0 Å². The molecular formula is C18H19N5O. The van der Waals surface area contributed by atoms with Crippen LogP contribution in [0.4, 0.5) is 0 Å². The van der Waals surface area contributed by atoms with Crippen molar-refractivity contribution in [2.75, 3.05) is 0 Å². The summed E-state index contributed by atoms with van der Waals surface area (Å²) in [5, 5.41) is 10.0. The molecule has 1 atom stereocenters. The summed E-state index contributed by atoms with van der Waals surface area (Å²) in [6, 6.07) is 13.5. The molecule has 0 spiro atoms. The van der Waals surface area contributed by atoms with Crippen molar-refractivity contribution in [2.45, 2.75) is 25.8 Å².